The summed E-state index contributed by atoms with van der Waals surface area (Å²) < 4.78 is 5.39. The van der Waals surface area contributed by atoms with Crippen molar-refractivity contribution in [2.45, 2.75) is 6.54 Å². The Balaban J connectivity index is 1.36. The number of anilines is 2. The largest absolute Gasteiger partial charge is 0.397 e. The lowest BCUT2D eigenvalue weighted by molar-refractivity contribution is -0.111. The molecule has 1 amide bonds. The molecule has 3 N–H and O–H groups in total. The van der Waals surface area contributed by atoms with E-state index in [2.05, 4.69) is 22.3 Å². The molecule has 0 saturated carbocycles. The fourth-order valence-electron chi connectivity index (χ4n) is 3.36. The molecule has 0 radical (unpaired) electrons. The number of hydrogen-bond acceptors (Lipinski definition) is 5. The van der Waals surface area contributed by atoms with Gasteiger partial charge in [-0.3, -0.25) is 9.69 Å². The van der Waals surface area contributed by atoms with Crippen LogP contribution in [0.4, 0.5) is 11.4 Å². The van der Waals surface area contributed by atoms with Crippen LogP contribution in [0.15, 0.2) is 66.1 Å². The minimum atomic E-state index is -0.206. The second-order valence-electron chi connectivity index (χ2n) is 7.23. The van der Waals surface area contributed by atoms with Crippen molar-refractivity contribution in [1.82, 2.24) is 4.90 Å². The molecule has 1 aromatic heterocycles. The summed E-state index contributed by atoms with van der Waals surface area (Å²) in [6.07, 6.45) is 3.35. The number of nitrogens with two attached hydrogens (primary N) is 1. The number of nitrogens with zero attached hydrogens (tertiary/aromatic N) is 1. The molecule has 1 saturated heterocycles. The Morgan fingerprint density at radius 2 is 1.93 bits per heavy atom. The summed E-state index contributed by atoms with van der Waals surface area (Å²) in [4.78, 5) is 15.9. The van der Waals surface area contributed by atoms with Crippen LogP contribution in [0.1, 0.15) is 11.1 Å². The molecular formula is C24H25N3O2S. The first-order valence-electron chi connectivity index (χ1n) is 9.99. The first-order valence-corrected chi connectivity index (χ1v) is 10.9. The van der Waals surface area contributed by atoms with Crippen LogP contribution >= 0.6 is 11.3 Å². The first kappa shape index (κ1) is 20.3. The smallest absolute Gasteiger partial charge is 0.248 e. The van der Waals surface area contributed by atoms with E-state index in [1.165, 1.54) is 11.6 Å². The minimum Gasteiger partial charge on any atom is -0.397 e. The molecule has 154 valence electrons. The molecule has 1 aliphatic rings. The average Bonchev–Trinajstić information content (AvgIpc) is 3.31. The molecule has 4 rings (SSSR count). The number of hydrogen-bond donors (Lipinski definition) is 2. The number of nitrogens with one attached hydrogen (secondary N) is 1. The van der Waals surface area contributed by atoms with Crippen molar-refractivity contribution in [2.24, 2.45) is 0 Å². The van der Waals surface area contributed by atoms with Crippen LogP contribution in [-0.2, 0) is 16.1 Å². The number of morpholine rings is 1. The highest BCUT2D eigenvalue weighted by Gasteiger charge is 2.10. The Morgan fingerprint density at radius 3 is 2.67 bits per heavy atom. The average molecular weight is 420 g/mol. The SMILES string of the molecule is Nc1ccc(-c2cccs2)cc1NC(=O)C=Cc1ccc(CN2CCOCC2)cc1. The van der Waals surface area contributed by atoms with Gasteiger partial charge < -0.3 is 15.8 Å². The van der Waals surface area contributed by atoms with E-state index in [1.807, 2.05) is 53.9 Å². The van der Waals surface area contributed by atoms with E-state index in [-0.39, 0.29) is 5.91 Å². The predicted octanol–water partition coefficient (Wildman–Crippen LogP) is 4.48. The van der Waals surface area contributed by atoms with E-state index in [1.54, 1.807) is 11.3 Å². The van der Waals surface area contributed by atoms with Crippen LogP contribution in [0.5, 0.6) is 0 Å². The van der Waals surface area contributed by atoms with Crippen LogP contribution in [0.3, 0.4) is 0 Å². The van der Waals surface area contributed by atoms with Crippen molar-refractivity contribution in [2.75, 3.05) is 37.4 Å². The van der Waals surface area contributed by atoms with Gasteiger partial charge in [0.1, 0.15) is 0 Å². The number of carbonyl (C=O) groups excluding carboxylic acids is 1. The van der Waals surface area contributed by atoms with Gasteiger partial charge in [0, 0.05) is 30.6 Å². The van der Waals surface area contributed by atoms with Gasteiger partial charge in [-0.25, -0.2) is 0 Å². The van der Waals surface area contributed by atoms with E-state index >= 15 is 0 Å². The van der Waals surface area contributed by atoms with Crippen LogP contribution < -0.4 is 11.1 Å². The maximum atomic E-state index is 12.4. The fraction of sp³-hybridized carbons (Fsp3) is 0.208. The number of amides is 1. The molecule has 5 nitrogen and oxygen atoms in total. The third-order valence-corrected chi connectivity index (χ3v) is 5.95. The van der Waals surface area contributed by atoms with Crippen molar-refractivity contribution in [1.29, 1.82) is 0 Å². The second-order valence-corrected chi connectivity index (χ2v) is 8.18. The topological polar surface area (TPSA) is 67.6 Å². The summed E-state index contributed by atoms with van der Waals surface area (Å²) in [5, 5.41) is 4.91. The molecule has 0 spiro atoms. The molecule has 1 aliphatic heterocycles. The van der Waals surface area contributed by atoms with Gasteiger partial charge in [0.05, 0.1) is 24.6 Å². The molecule has 0 aliphatic carbocycles. The van der Waals surface area contributed by atoms with Gasteiger partial charge in [0.2, 0.25) is 5.91 Å². The molecule has 2 aromatic carbocycles. The van der Waals surface area contributed by atoms with E-state index in [9.17, 15) is 4.79 Å². The highest BCUT2D eigenvalue weighted by atomic mass is 32.1. The van der Waals surface area contributed by atoms with E-state index in [0.29, 0.717) is 11.4 Å². The molecular weight excluding hydrogens is 394 g/mol. The van der Waals surface area contributed by atoms with Crippen LogP contribution in [0, 0.1) is 0 Å². The lowest BCUT2D eigenvalue weighted by Gasteiger charge is -2.26. The van der Waals surface area contributed by atoms with Crippen molar-refractivity contribution in [3.8, 4) is 10.4 Å². The predicted molar refractivity (Wildman–Crippen MR) is 124 cm³/mol. The lowest BCUT2D eigenvalue weighted by atomic mass is 10.1. The van der Waals surface area contributed by atoms with Crippen molar-refractivity contribution in [3.63, 3.8) is 0 Å². The Kier molecular flexibility index (Phi) is 6.59. The third kappa shape index (κ3) is 5.36. The Hall–Kier alpha value is -2.93. The monoisotopic (exact) mass is 419 g/mol. The zero-order valence-corrected chi connectivity index (χ0v) is 17.5. The minimum absolute atomic E-state index is 0.206. The van der Waals surface area contributed by atoms with Crippen molar-refractivity contribution >= 4 is 34.7 Å². The van der Waals surface area contributed by atoms with Crippen molar-refractivity contribution in [3.05, 3.63) is 77.2 Å². The zero-order chi connectivity index (χ0) is 20.8. The quantitative estimate of drug-likeness (QED) is 0.457. The standard InChI is InChI=1S/C24H25N3O2S/c25-21-9-8-20(23-2-1-15-30-23)16-22(21)26-24(28)10-7-18-3-5-19(6-4-18)17-27-11-13-29-14-12-27/h1-10,15-16H,11-14,17,25H2,(H,26,28). The molecule has 6 heteroatoms. The Morgan fingerprint density at radius 1 is 1.13 bits per heavy atom. The number of rotatable bonds is 6. The van der Waals surface area contributed by atoms with Gasteiger partial charge in [-0.15, -0.1) is 11.3 Å². The number of nitrogen functional groups attached to an aromatic ring is 1. The summed E-state index contributed by atoms with van der Waals surface area (Å²) in [6, 6.07) is 18.0. The maximum absolute atomic E-state index is 12.4. The van der Waals surface area contributed by atoms with Gasteiger partial charge in [-0.1, -0.05) is 36.4 Å². The van der Waals surface area contributed by atoms with Gasteiger partial charge in [0.15, 0.2) is 0 Å². The van der Waals surface area contributed by atoms with E-state index in [4.69, 9.17) is 10.5 Å². The maximum Gasteiger partial charge on any atom is 0.248 e. The third-order valence-electron chi connectivity index (χ3n) is 5.03. The van der Waals surface area contributed by atoms with Crippen LogP contribution in [0.25, 0.3) is 16.5 Å². The van der Waals surface area contributed by atoms with E-state index < -0.39 is 0 Å². The van der Waals surface area contributed by atoms with Crippen LogP contribution in [-0.4, -0.2) is 37.1 Å². The number of ether oxygens (including phenoxy) is 1. The Labute approximate surface area is 180 Å². The number of carbonyl (C=O) groups is 1. The van der Waals surface area contributed by atoms with Gasteiger partial charge in [0.25, 0.3) is 0 Å². The Bertz CT molecular complexity index is 1010. The fourth-order valence-corrected chi connectivity index (χ4v) is 4.08. The molecule has 1 fully saturated rings. The highest BCUT2D eigenvalue weighted by Crippen LogP contribution is 2.30. The summed E-state index contributed by atoms with van der Waals surface area (Å²) >= 11 is 1.65. The van der Waals surface area contributed by atoms with Crippen LogP contribution in [0.2, 0.25) is 0 Å². The summed E-state index contributed by atoms with van der Waals surface area (Å²) in [5.41, 5.74) is 10.5. The molecule has 0 unspecified atom stereocenters. The normalized spacial score (nSPS) is 14.8. The lowest BCUT2D eigenvalue weighted by Crippen LogP contribution is -2.35. The molecule has 0 atom stereocenters. The summed E-state index contributed by atoms with van der Waals surface area (Å²) in [7, 11) is 0. The summed E-state index contributed by atoms with van der Waals surface area (Å²) in [5.74, 6) is -0.206. The van der Waals surface area contributed by atoms with Gasteiger partial charge in [-0.05, 0) is 46.3 Å². The second kappa shape index (κ2) is 9.71. The number of thiophene rings is 1. The van der Waals surface area contributed by atoms with Gasteiger partial charge >= 0.3 is 0 Å². The molecule has 2 heterocycles. The first-order chi connectivity index (χ1) is 14.7. The van der Waals surface area contributed by atoms with Gasteiger partial charge in [-0.2, -0.15) is 0 Å². The molecule has 0 bridgehead atoms. The summed E-state index contributed by atoms with van der Waals surface area (Å²) in [6.45, 7) is 4.47. The molecule has 30 heavy (non-hydrogen) atoms. The van der Waals surface area contributed by atoms with E-state index in [0.717, 1.165) is 48.9 Å². The zero-order valence-electron chi connectivity index (χ0n) is 16.7. The highest BCUT2D eigenvalue weighted by molar-refractivity contribution is 7.13. The van der Waals surface area contributed by atoms with Crippen molar-refractivity contribution < 1.29 is 9.53 Å². The molecule has 3 aromatic rings. The number of benzene rings is 2.